The lowest BCUT2D eigenvalue weighted by Gasteiger charge is -2.17. The van der Waals surface area contributed by atoms with Crippen LogP contribution in [-0.4, -0.2) is 25.6 Å². The molecule has 0 aromatic heterocycles. The summed E-state index contributed by atoms with van der Waals surface area (Å²) in [6, 6.07) is 9.22. The smallest absolute Gasteiger partial charge is 0.160 e. The maximum atomic E-state index is 12.4. The standard InChI is InChI=1S/C15H17NO3/c1-10-13(6-7-19-10)15(17)14(9-16)11-4-3-5-12(8-11)18-2/h3-5,8,10,13-14H,6-7H2,1-2H3. The van der Waals surface area contributed by atoms with Crippen LogP contribution >= 0.6 is 0 Å². The second-order valence-electron chi connectivity index (χ2n) is 4.71. The lowest BCUT2D eigenvalue weighted by molar-refractivity contribution is -0.124. The maximum absolute atomic E-state index is 12.4. The van der Waals surface area contributed by atoms with Crippen LogP contribution < -0.4 is 4.74 Å². The summed E-state index contributed by atoms with van der Waals surface area (Å²) in [4.78, 5) is 12.4. The van der Waals surface area contributed by atoms with Crippen molar-refractivity contribution < 1.29 is 14.3 Å². The summed E-state index contributed by atoms with van der Waals surface area (Å²) >= 11 is 0. The van der Waals surface area contributed by atoms with E-state index in [4.69, 9.17) is 9.47 Å². The van der Waals surface area contributed by atoms with Crippen molar-refractivity contribution in [2.75, 3.05) is 13.7 Å². The molecule has 1 aliphatic heterocycles. The molecule has 2 rings (SSSR count). The number of Topliss-reactive ketones (excluding diaryl/α,β-unsaturated/α-hetero) is 1. The number of carbonyl (C=O) groups excluding carboxylic acids is 1. The molecule has 1 aromatic carbocycles. The number of ether oxygens (including phenoxy) is 2. The molecule has 0 amide bonds. The average molecular weight is 259 g/mol. The Balaban J connectivity index is 2.24. The fourth-order valence-corrected chi connectivity index (χ4v) is 2.44. The molecule has 1 fully saturated rings. The van der Waals surface area contributed by atoms with Gasteiger partial charge in [-0.25, -0.2) is 0 Å². The fourth-order valence-electron chi connectivity index (χ4n) is 2.44. The Morgan fingerprint density at radius 3 is 2.95 bits per heavy atom. The average Bonchev–Trinajstić information content (AvgIpc) is 2.86. The molecular formula is C15H17NO3. The van der Waals surface area contributed by atoms with Gasteiger partial charge in [0.2, 0.25) is 0 Å². The molecule has 0 N–H and O–H groups in total. The molecule has 4 heteroatoms. The second-order valence-corrected chi connectivity index (χ2v) is 4.71. The van der Waals surface area contributed by atoms with E-state index in [1.807, 2.05) is 6.92 Å². The highest BCUT2D eigenvalue weighted by molar-refractivity contribution is 5.91. The van der Waals surface area contributed by atoms with E-state index >= 15 is 0 Å². The first-order chi connectivity index (χ1) is 9.17. The van der Waals surface area contributed by atoms with E-state index in [9.17, 15) is 10.1 Å². The molecular weight excluding hydrogens is 242 g/mol. The Labute approximate surface area is 112 Å². The normalized spacial score (nSPS) is 23.6. The third kappa shape index (κ3) is 2.77. The summed E-state index contributed by atoms with van der Waals surface area (Å²) in [7, 11) is 1.56. The Kier molecular flexibility index (Phi) is 4.18. The van der Waals surface area contributed by atoms with E-state index in [2.05, 4.69) is 6.07 Å². The van der Waals surface area contributed by atoms with Crippen LogP contribution in [0.25, 0.3) is 0 Å². The summed E-state index contributed by atoms with van der Waals surface area (Å²) in [6.45, 7) is 2.48. The first kappa shape index (κ1) is 13.6. The van der Waals surface area contributed by atoms with E-state index in [0.717, 1.165) is 0 Å². The first-order valence-corrected chi connectivity index (χ1v) is 6.36. The largest absolute Gasteiger partial charge is 0.497 e. The van der Waals surface area contributed by atoms with Gasteiger partial charge >= 0.3 is 0 Å². The molecule has 4 nitrogen and oxygen atoms in total. The molecule has 0 aliphatic carbocycles. The van der Waals surface area contributed by atoms with Gasteiger partial charge in [0.15, 0.2) is 5.78 Å². The van der Waals surface area contributed by atoms with Crippen LogP contribution in [0.3, 0.4) is 0 Å². The van der Waals surface area contributed by atoms with Gasteiger partial charge in [0.05, 0.1) is 19.3 Å². The molecule has 0 radical (unpaired) electrons. The molecule has 3 unspecified atom stereocenters. The zero-order valence-corrected chi connectivity index (χ0v) is 11.1. The van der Waals surface area contributed by atoms with Gasteiger partial charge in [-0.05, 0) is 31.0 Å². The summed E-state index contributed by atoms with van der Waals surface area (Å²) in [6.07, 6.45) is 0.594. The minimum absolute atomic E-state index is 0.0549. The number of ketones is 1. The molecule has 0 spiro atoms. The number of hydrogen-bond donors (Lipinski definition) is 0. The van der Waals surface area contributed by atoms with Gasteiger partial charge in [-0.2, -0.15) is 5.26 Å². The minimum Gasteiger partial charge on any atom is -0.497 e. The third-order valence-electron chi connectivity index (χ3n) is 3.58. The first-order valence-electron chi connectivity index (χ1n) is 6.36. The van der Waals surface area contributed by atoms with Crippen molar-refractivity contribution >= 4 is 5.78 Å². The van der Waals surface area contributed by atoms with E-state index in [0.29, 0.717) is 24.3 Å². The molecule has 19 heavy (non-hydrogen) atoms. The molecule has 100 valence electrons. The van der Waals surface area contributed by atoms with Crippen molar-refractivity contribution in [1.29, 1.82) is 5.26 Å². The van der Waals surface area contributed by atoms with Crippen molar-refractivity contribution in [3.8, 4) is 11.8 Å². The van der Waals surface area contributed by atoms with E-state index in [-0.39, 0.29) is 17.8 Å². The monoisotopic (exact) mass is 259 g/mol. The quantitative estimate of drug-likeness (QED) is 0.832. The molecule has 1 aliphatic rings. The van der Waals surface area contributed by atoms with Crippen molar-refractivity contribution in [2.24, 2.45) is 5.92 Å². The zero-order chi connectivity index (χ0) is 13.8. The lowest BCUT2D eigenvalue weighted by atomic mass is 9.85. The highest BCUT2D eigenvalue weighted by Crippen LogP contribution is 2.29. The number of nitrogens with zero attached hydrogens (tertiary/aromatic N) is 1. The summed E-state index contributed by atoms with van der Waals surface area (Å²) in [5.74, 6) is -0.331. The lowest BCUT2D eigenvalue weighted by Crippen LogP contribution is -2.26. The van der Waals surface area contributed by atoms with Gasteiger partial charge in [0.25, 0.3) is 0 Å². The Bertz CT molecular complexity index is 506. The van der Waals surface area contributed by atoms with E-state index in [1.165, 1.54) is 0 Å². The Morgan fingerprint density at radius 2 is 2.37 bits per heavy atom. The summed E-state index contributed by atoms with van der Waals surface area (Å²) < 4.78 is 10.5. The topological polar surface area (TPSA) is 59.3 Å². The molecule has 0 saturated carbocycles. The minimum atomic E-state index is -0.746. The molecule has 0 bridgehead atoms. The SMILES string of the molecule is COc1cccc(C(C#N)C(=O)C2CCOC2C)c1. The van der Waals surface area contributed by atoms with Gasteiger partial charge < -0.3 is 9.47 Å². The number of methoxy groups -OCH3 is 1. The van der Waals surface area contributed by atoms with Gasteiger partial charge in [0.1, 0.15) is 11.7 Å². The van der Waals surface area contributed by atoms with Crippen molar-refractivity contribution in [1.82, 2.24) is 0 Å². The van der Waals surface area contributed by atoms with Crippen LogP contribution in [0, 0.1) is 17.2 Å². The van der Waals surface area contributed by atoms with Crippen molar-refractivity contribution in [2.45, 2.75) is 25.4 Å². The highest BCUT2D eigenvalue weighted by Gasteiger charge is 2.35. The van der Waals surface area contributed by atoms with Gasteiger partial charge in [-0.1, -0.05) is 12.1 Å². The van der Waals surface area contributed by atoms with Gasteiger partial charge in [-0.15, -0.1) is 0 Å². The van der Waals surface area contributed by atoms with Gasteiger partial charge in [0, 0.05) is 12.5 Å². The fraction of sp³-hybridized carbons (Fsp3) is 0.467. The van der Waals surface area contributed by atoms with E-state index in [1.54, 1.807) is 31.4 Å². The van der Waals surface area contributed by atoms with Crippen LogP contribution in [0.5, 0.6) is 5.75 Å². The van der Waals surface area contributed by atoms with Crippen LogP contribution in [-0.2, 0) is 9.53 Å². The number of benzene rings is 1. The molecule has 3 atom stereocenters. The molecule has 1 heterocycles. The molecule has 1 aromatic rings. The van der Waals surface area contributed by atoms with Gasteiger partial charge in [-0.3, -0.25) is 4.79 Å². The Hall–Kier alpha value is -1.86. The summed E-state index contributed by atoms with van der Waals surface area (Å²) in [5.41, 5.74) is 0.686. The second kappa shape index (κ2) is 5.85. The number of rotatable bonds is 4. The maximum Gasteiger partial charge on any atom is 0.160 e. The third-order valence-corrected chi connectivity index (χ3v) is 3.58. The highest BCUT2D eigenvalue weighted by atomic mass is 16.5. The number of carbonyl (C=O) groups is 1. The van der Waals surface area contributed by atoms with Crippen molar-refractivity contribution in [3.05, 3.63) is 29.8 Å². The molecule has 1 saturated heterocycles. The van der Waals surface area contributed by atoms with Crippen LogP contribution in [0.15, 0.2) is 24.3 Å². The predicted molar refractivity (Wildman–Crippen MR) is 69.9 cm³/mol. The Morgan fingerprint density at radius 1 is 1.58 bits per heavy atom. The summed E-state index contributed by atoms with van der Waals surface area (Å²) in [5, 5.41) is 9.31. The van der Waals surface area contributed by atoms with Crippen LogP contribution in [0.4, 0.5) is 0 Å². The van der Waals surface area contributed by atoms with Crippen LogP contribution in [0.1, 0.15) is 24.8 Å². The predicted octanol–water partition coefficient (Wildman–Crippen LogP) is 2.30. The van der Waals surface area contributed by atoms with Crippen molar-refractivity contribution in [3.63, 3.8) is 0 Å². The number of nitriles is 1. The number of hydrogen-bond acceptors (Lipinski definition) is 4. The van der Waals surface area contributed by atoms with E-state index < -0.39 is 5.92 Å². The van der Waals surface area contributed by atoms with Crippen LogP contribution in [0.2, 0.25) is 0 Å². The zero-order valence-electron chi connectivity index (χ0n) is 11.1.